The van der Waals surface area contributed by atoms with Crippen molar-refractivity contribution in [1.29, 1.82) is 0 Å². The number of benzene rings is 1. The number of unbranched alkanes of at least 4 members (excludes halogenated alkanes) is 1. The molecular formula is C21H24FN5S. The average molecular weight is 398 g/mol. The fourth-order valence-electron chi connectivity index (χ4n) is 2.89. The van der Waals surface area contributed by atoms with Gasteiger partial charge in [-0.2, -0.15) is 4.98 Å². The van der Waals surface area contributed by atoms with Gasteiger partial charge in [0.25, 0.3) is 0 Å². The van der Waals surface area contributed by atoms with Crippen LogP contribution in [0.1, 0.15) is 37.9 Å². The van der Waals surface area contributed by atoms with Crippen molar-refractivity contribution < 1.29 is 4.39 Å². The number of rotatable bonds is 8. The molecule has 3 N–H and O–H groups in total. The first-order valence-electron chi connectivity index (χ1n) is 9.40. The van der Waals surface area contributed by atoms with Gasteiger partial charge < -0.3 is 11.1 Å². The molecule has 2 aromatic heterocycles. The molecule has 0 saturated heterocycles. The zero-order chi connectivity index (χ0) is 19.9. The van der Waals surface area contributed by atoms with E-state index in [0.717, 1.165) is 41.8 Å². The number of anilines is 3. The number of nitrogens with zero attached hydrogens (tertiary/aromatic N) is 3. The predicted octanol–water partition coefficient (Wildman–Crippen LogP) is 5.39. The van der Waals surface area contributed by atoms with Crippen LogP contribution in [0.25, 0.3) is 0 Å². The highest BCUT2D eigenvalue weighted by Crippen LogP contribution is 2.32. The van der Waals surface area contributed by atoms with Crippen LogP contribution < -0.4 is 11.1 Å². The Morgan fingerprint density at radius 2 is 1.89 bits per heavy atom. The number of nitrogens with two attached hydrogens (primary N) is 1. The van der Waals surface area contributed by atoms with Crippen molar-refractivity contribution in [1.82, 2.24) is 15.0 Å². The number of hydrogen-bond donors (Lipinski definition) is 2. The van der Waals surface area contributed by atoms with E-state index in [0.29, 0.717) is 16.4 Å². The quantitative estimate of drug-likeness (QED) is 0.530. The largest absolute Gasteiger partial charge is 0.368 e. The second-order valence-electron chi connectivity index (χ2n) is 6.37. The number of nitrogens with one attached hydrogen (secondary N) is 1. The van der Waals surface area contributed by atoms with Gasteiger partial charge in [-0.05, 0) is 49.6 Å². The normalized spacial score (nSPS) is 10.8. The van der Waals surface area contributed by atoms with E-state index in [1.807, 2.05) is 25.1 Å². The van der Waals surface area contributed by atoms with Gasteiger partial charge in [0, 0.05) is 33.4 Å². The van der Waals surface area contributed by atoms with Crippen LogP contribution in [0.5, 0.6) is 0 Å². The number of nitrogen functional groups attached to an aromatic ring is 1. The Bertz CT molecular complexity index is 934. The van der Waals surface area contributed by atoms with Crippen LogP contribution in [0.15, 0.2) is 52.5 Å². The lowest BCUT2D eigenvalue weighted by atomic mass is 10.1. The maximum Gasteiger partial charge on any atom is 0.222 e. The monoisotopic (exact) mass is 397 g/mol. The number of pyridine rings is 1. The smallest absolute Gasteiger partial charge is 0.222 e. The summed E-state index contributed by atoms with van der Waals surface area (Å²) in [6.45, 7) is 4.19. The topological polar surface area (TPSA) is 76.7 Å². The molecule has 0 spiro atoms. The Morgan fingerprint density at radius 1 is 1.11 bits per heavy atom. The molecule has 0 bridgehead atoms. The zero-order valence-electron chi connectivity index (χ0n) is 16.1. The van der Waals surface area contributed by atoms with Crippen molar-refractivity contribution in [2.45, 2.75) is 49.3 Å². The molecule has 0 aliphatic carbocycles. The Balaban J connectivity index is 1.85. The van der Waals surface area contributed by atoms with Crippen molar-refractivity contribution in [3.05, 3.63) is 59.8 Å². The first-order valence-corrected chi connectivity index (χ1v) is 10.2. The fraction of sp³-hybridized carbons (Fsp3) is 0.286. The van der Waals surface area contributed by atoms with Gasteiger partial charge in [0.2, 0.25) is 5.95 Å². The number of aryl methyl sites for hydroxylation is 1. The summed E-state index contributed by atoms with van der Waals surface area (Å²) in [6.07, 6.45) is 7.13. The minimum absolute atomic E-state index is 0.227. The van der Waals surface area contributed by atoms with Crippen LogP contribution in [0.3, 0.4) is 0 Å². The summed E-state index contributed by atoms with van der Waals surface area (Å²) in [7, 11) is 0. The summed E-state index contributed by atoms with van der Waals surface area (Å²) in [5, 5.41) is 3.24. The van der Waals surface area contributed by atoms with Gasteiger partial charge >= 0.3 is 0 Å². The molecule has 0 atom stereocenters. The molecule has 0 amide bonds. The first-order chi connectivity index (χ1) is 13.6. The standard InChI is InChI=1S/C21H24FN5S/c1-3-5-6-16-18(4-2)26-21(23)27-20(16)25-14-7-8-19(17(22)13-14)28-15-9-11-24-12-10-15/h7-13H,3-6H2,1-2H3,(H3,23,25,26,27). The number of hydrogen-bond acceptors (Lipinski definition) is 6. The fourth-order valence-corrected chi connectivity index (χ4v) is 3.70. The molecule has 0 fully saturated rings. The van der Waals surface area contributed by atoms with Crippen molar-refractivity contribution in [2.75, 3.05) is 11.1 Å². The molecule has 0 saturated carbocycles. The maximum absolute atomic E-state index is 14.6. The maximum atomic E-state index is 14.6. The van der Waals surface area contributed by atoms with E-state index in [-0.39, 0.29) is 11.8 Å². The summed E-state index contributed by atoms with van der Waals surface area (Å²) in [5.74, 6) is 0.594. The van der Waals surface area contributed by atoms with E-state index in [4.69, 9.17) is 5.73 Å². The highest BCUT2D eigenvalue weighted by atomic mass is 32.2. The van der Waals surface area contributed by atoms with E-state index >= 15 is 0 Å². The lowest BCUT2D eigenvalue weighted by molar-refractivity contribution is 0.602. The van der Waals surface area contributed by atoms with E-state index < -0.39 is 0 Å². The molecule has 2 heterocycles. The summed E-state index contributed by atoms with van der Waals surface area (Å²) in [4.78, 5) is 14.2. The lowest BCUT2D eigenvalue weighted by Gasteiger charge is -2.15. The third-order valence-electron chi connectivity index (χ3n) is 4.30. The third kappa shape index (κ3) is 4.98. The Kier molecular flexibility index (Phi) is 6.81. The Hall–Kier alpha value is -2.67. The molecule has 3 aromatic rings. The van der Waals surface area contributed by atoms with Gasteiger partial charge in [-0.3, -0.25) is 4.98 Å². The molecule has 0 radical (unpaired) electrons. The second-order valence-corrected chi connectivity index (χ2v) is 7.48. The van der Waals surface area contributed by atoms with Gasteiger partial charge in [-0.15, -0.1) is 0 Å². The van der Waals surface area contributed by atoms with Crippen molar-refractivity contribution in [2.24, 2.45) is 0 Å². The SMILES string of the molecule is CCCCc1c(CC)nc(N)nc1Nc1ccc(Sc2ccncc2)c(F)c1. The highest BCUT2D eigenvalue weighted by Gasteiger charge is 2.13. The summed E-state index contributed by atoms with van der Waals surface area (Å²) < 4.78 is 14.6. The van der Waals surface area contributed by atoms with Crippen molar-refractivity contribution in [3.63, 3.8) is 0 Å². The molecule has 146 valence electrons. The van der Waals surface area contributed by atoms with Crippen LogP contribution in [-0.2, 0) is 12.8 Å². The van der Waals surface area contributed by atoms with Crippen LogP contribution in [0.4, 0.5) is 21.8 Å². The molecule has 0 aliphatic rings. The van der Waals surface area contributed by atoms with Gasteiger partial charge in [-0.25, -0.2) is 9.37 Å². The first kappa shape index (κ1) is 20.1. The minimum Gasteiger partial charge on any atom is -0.368 e. The summed E-state index contributed by atoms with van der Waals surface area (Å²) >= 11 is 1.36. The predicted molar refractivity (Wildman–Crippen MR) is 112 cm³/mol. The minimum atomic E-state index is -0.292. The van der Waals surface area contributed by atoms with E-state index in [1.54, 1.807) is 18.5 Å². The van der Waals surface area contributed by atoms with Gasteiger partial charge in [0.1, 0.15) is 11.6 Å². The molecule has 28 heavy (non-hydrogen) atoms. The van der Waals surface area contributed by atoms with Crippen LogP contribution in [0, 0.1) is 5.82 Å². The van der Waals surface area contributed by atoms with E-state index in [1.165, 1.54) is 17.8 Å². The molecular weight excluding hydrogens is 373 g/mol. The van der Waals surface area contributed by atoms with Crippen molar-refractivity contribution in [3.8, 4) is 0 Å². The van der Waals surface area contributed by atoms with Crippen LogP contribution in [-0.4, -0.2) is 15.0 Å². The van der Waals surface area contributed by atoms with Crippen molar-refractivity contribution >= 4 is 29.2 Å². The Labute approximate surface area is 169 Å². The average Bonchev–Trinajstić information content (AvgIpc) is 2.69. The highest BCUT2D eigenvalue weighted by molar-refractivity contribution is 7.99. The molecule has 0 unspecified atom stereocenters. The third-order valence-corrected chi connectivity index (χ3v) is 5.36. The van der Waals surface area contributed by atoms with E-state index in [9.17, 15) is 4.39 Å². The van der Waals surface area contributed by atoms with E-state index in [2.05, 4.69) is 27.2 Å². The van der Waals surface area contributed by atoms with Gasteiger partial charge in [-0.1, -0.05) is 32.0 Å². The summed E-state index contributed by atoms with van der Waals surface area (Å²) in [6, 6.07) is 8.80. The zero-order valence-corrected chi connectivity index (χ0v) is 16.9. The van der Waals surface area contributed by atoms with Gasteiger partial charge in [0.05, 0.1) is 5.69 Å². The molecule has 1 aromatic carbocycles. The molecule has 3 rings (SSSR count). The van der Waals surface area contributed by atoms with Crippen LogP contribution in [0.2, 0.25) is 0 Å². The summed E-state index contributed by atoms with van der Waals surface area (Å²) in [5.41, 5.74) is 8.50. The number of aromatic nitrogens is 3. The molecule has 7 heteroatoms. The van der Waals surface area contributed by atoms with Gasteiger partial charge in [0.15, 0.2) is 0 Å². The second kappa shape index (κ2) is 9.50. The Morgan fingerprint density at radius 3 is 2.57 bits per heavy atom. The molecule has 0 aliphatic heterocycles. The molecule has 5 nitrogen and oxygen atoms in total. The number of halogens is 1. The van der Waals surface area contributed by atoms with Crippen LogP contribution >= 0.6 is 11.8 Å². The lowest BCUT2D eigenvalue weighted by Crippen LogP contribution is -2.09.